The van der Waals surface area contributed by atoms with Crippen LogP contribution in [0, 0.1) is 16.7 Å². The first-order valence-corrected chi connectivity index (χ1v) is 14.9. The van der Waals surface area contributed by atoms with Crippen LogP contribution in [0.25, 0.3) is 16.9 Å². The first-order chi connectivity index (χ1) is 21.7. The van der Waals surface area contributed by atoms with Crippen molar-refractivity contribution in [1.29, 1.82) is 5.26 Å². The predicted octanol–water partition coefficient (Wildman–Crippen LogP) is 0.405. The molecule has 1 saturated carbocycles. The number of aromatic hydroxyl groups is 1. The highest BCUT2D eigenvalue weighted by molar-refractivity contribution is 6.25. The number of primary amides is 1. The van der Waals surface area contributed by atoms with Crippen molar-refractivity contribution in [2.75, 3.05) is 40.4 Å². The number of ketones is 2. The summed E-state index contributed by atoms with van der Waals surface area (Å²) in [6.45, 7) is 3.80. The molecule has 0 bridgehead atoms. The quantitative estimate of drug-likeness (QED) is 0.247. The third-order valence-electron chi connectivity index (χ3n) is 9.91. The number of hydrogen-bond donors (Lipinski definition) is 6. The molecule has 1 saturated heterocycles. The Bertz CT molecular complexity index is 1790. The minimum Gasteiger partial charge on any atom is -0.509 e. The van der Waals surface area contributed by atoms with E-state index >= 15 is 0 Å². The van der Waals surface area contributed by atoms with Crippen LogP contribution in [0.5, 0.6) is 5.75 Å². The number of rotatable bonds is 5. The van der Waals surface area contributed by atoms with Gasteiger partial charge >= 0.3 is 0 Å². The number of phenolic OH excluding ortho intramolecular Hbond substituents is 1. The summed E-state index contributed by atoms with van der Waals surface area (Å²) >= 11 is 0. The van der Waals surface area contributed by atoms with Crippen LogP contribution in [-0.2, 0) is 32.1 Å². The maximum absolute atomic E-state index is 14.5. The SMILES string of the molecule is CN(C)[C@@H]1C(=O)C(C(N)=O)=C(O)[C@@]2(C#N)C(=O)C3=C(O)c4c(O)ccc(-c5ccc(CN6CCOCC6)cc5)c4C[C@@]3(N)C[C@@]12N. The molecule has 1 amide bonds. The van der Waals surface area contributed by atoms with Crippen LogP contribution >= 0.6 is 0 Å². The Labute approximate surface area is 265 Å². The Balaban J connectivity index is 1.51. The summed E-state index contributed by atoms with van der Waals surface area (Å²) in [5.74, 6) is -5.67. The minimum absolute atomic E-state index is 0.0495. The molecular formula is C33H36N6O7. The highest BCUT2D eigenvalue weighted by Crippen LogP contribution is 2.58. The lowest BCUT2D eigenvalue weighted by Gasteiger charge is -2.58. The zero-order chi connectivity index (χ0) is 33.3. The number of benzene rings is 2. The Morgan fingerprint density at radius 2 is 1.74 bits per heavy atom. The van der Waals surface area contributed by atoms with E-state index in [-0.39, 0.29) is 17.7 Å². The normalized spacial score (nSPS) is 29.7. The number of nitrogens with zero attached hydrogens (tertiary/aromatic N) is 3. The van der Waals surface area contributed by atoms with Crippen molar-refractivity contribution in [1.82, 2.24) is 9.80 Å². The fraction of sp³-hybridized carbons (Fsp3) is 0.394. The van der Waals surface area contributed by atoms with Crippen LogP contribution < -0.4 is 17.2 Å². The molecule has 2 aromatic rings. The summed E-state index contributed by atoms with van der Waals surface area (Å²) in [5.41, 5.74) is 14.3. The summed E-state index contributed by atoms with van der Waals surface area (Å²) in [6.07, 6.45) is -0.551. The lowest BCUT2D eigenvalue weighted by atomic mass is 9.47. The first kappa shape index (κ1) is 31.4. The van der Waals surface area contributed by atoms with Crippen LogP contribution in [0.2, 0.25) is 0 Å². The molecular weight excluding hydrogens is 592 g/mol. The van der Waals surface area contributed by atoms with Crippen LogP contribution in [0.3, 0.4) is 0 Å². The number of carbonyl (C=O) groups is 3. The zero-order valence-electron chi connectivity index (χ0n) is 25.5. The molecule has 240 valence electrons. The Kier molecular flexibility index (Phi) is 7.34. The van der Waals surface area contributed by atoms with Crippen molar-refractivity contribution in [3.8, 4) is 22.9 Å². The second-order valence-electron chi connectivity index (χ2n) is 12.9. The first-order valence-electron chi connectivity index (χ1n) is 14.9. The van der Waals surface area contributed by atoms with E-state index in [0.29, 0.717) is 24.3 Å². The van der Waals surface area contributed by atoms with Gasteiger partial charge in [0.15, 0.2) is 17.0 Å². The molecule has 4 aliphatic rings. The highest BCUT2D eigenvalue weighted by atomic mass is 16.5. The van der Waals surface area contributed by atoms with Crippen LogP contribution in [0.15, 0.2) is 53.3 Å². The van der Waals surface area contributed by atoms with Gasteiger partial charge < -0.3 is 37.3 Å². The molecule has 0 spiro atoms. The number of carbonyl (C=O) groups excluding carboxylic acids is 3. The number of Topliss-reactive ketones (excluding diaryl/α,β-unsaturated/α-hetero) is 2. The smallest absolute Gasteiger partial charge is 0.255 e. The molecule has 4 atom stereocenters. The molecule has 3 aliphatic carbocycles. The van der Waals surface area contributed by atoms with Crippen LogP contribution in [0.1, 0.15) is 23.1 Å². The number of hydrogen-bond acceptors (Lipinski definition) is 12. The average Bonchev–Trinajstić information content (AvgIpc) is 2.97. The lowest BCUT2D eigenvalue weighted by Crippen LogP contribution is -2.80. The highest BCUT2D eigenvalue weighted by Gasteiger charge is 2.74. The summed E-state index contributed by atoms with van der Waals surface area (Å²) < 4.78 is 5.43. The van der Waals surface area contributed by atoms with Crippen LogP contribution in [0.4, 0.5) is 0 Å². The largest absolute Gasteiger partial charge is 0.509 e. The van der Waals surface area contributed by atoms with Gasteiger partial charge in [-0.1, -0.05) is 30.3 Å². The van der Waals surface area contributed by atoms with E-state index in [0.717, 1.165) is 30.8 Å². The van der Waals surface area contributed by atoms with E-state index < -0.39 is 69.1 Å². The number of phenols is 1. The molecule has 0 aromatic heterocycles. The van der Waals surface area contributed by atoms with Gasteiger partial charge in [0, 0.05) is 19.6 Å². The number of morpholine rings is 1. The second-order valence-corrected chi connectivity index (χ2v) is 12.9. The van der Waals surface area contributed by atoms with E-state index in [1.165, 1.54) is 25.1 Å². The van der Waals surface area contributed by atoms with Gasteiger partial charge in [-0.05, 0) is 55.3 Å². The van der Waals surface area contributed by atoms with E-state index in [1.807, 2.05) is 24.3 Å². The fourth-order valence-corrected chi connectivity index (χ4v) is 7.91. The van der Waals surface area contributed by atoms with Crippen molar-refractivity contribution < 1.29 is 34.4 Å². The van der Waals surface area contributed by atoms with Gasteiger partial charge in [0.2, 0.25) is 0 Å². The van der Waals surface area contributed by atoms with Gasteiger partial charge in [-0.2, -0.15) is 5.26 Å². The Morgan fingerprint density at radius 3 is 2.33 bits per heavy atom. The number of nitrogens with two attached hydrogens (primary N) is 3. The second kappa shape index (κ2) is 10.8. The standard InChI is InChI=1S/C33H36N6O7/c1-38(2)27-26(42)23(30(35)45)28(43)32(16-34)29(44)24-25(41)22-20(13-31(24,36)15-33(27,32)37)19(7-8-21(22)40)18-5-3-17(4-6-18)14-39-9-11-46-12-10-39/h3-8,27,40-41,43H,9-15,36-37H2,1-2H3,(H2,35,45)/t27-,31-,32+,33-/m1/s1. The monoisotopic (exact) mass is 628 g/mol. The van der Waals surface area contributed by atoms with Crippen LogP contribution in [-0.4, -0.2) is 100 Å². The molecule has 13 heteroatoms. The molecule has 9 N–H and O–H groups in total. The molecule has 0 unspecified atom stereocenters. The van der Waals surface area contributed by atoms with Gasteiger partial charge in [0.25, 0.3) is 5.91 Å². The summed E-state index contributed by atoms with van der Waals surface area (Å²) in [5, 5.41) is 44.6. The maximum atomic E-state index is 14.5. The number of aliphatic hydroxyl groups is 2. The number of likely N-dealkylation sites (N-methyl/N-ethyl adjacent to an activating group) is 1. The van der Waals surface area contributed by atoms with Gasteiger partial charge in [0.1, 0.15) is 22.8 Å². The number of nitriles is 1. The fourth-order valence-electron chi connectivity index (χ4n) is 7.91. The van der Waals surface area contributed by atoms with Crippen molar-refractivity contribution in [2.24, 2.45) is 22.6 Å². The van der Waals surface area contributed by atoms with Gasteiger partial charge in [-0.3, -0.25) is 24.2 Å². The predicted molar refractivity (Wildman–Crippen MR) is 166 cm³/mol. The topological polar surface area (TPSA) is 229 Å². The Morgan fingerprint density at radius 1 is 1.09 bits per heavy atom. The van der Waals surface area contributed by atoms with Crippen molar-refractivity contribution in [2.45, 2.75) is 36.5 Å². The molecule has 46 heavy (non-hydrogen) atoms. The summed E-state index contributed by atoms with van der Waals surface area (Å²) in [6, 6.07) is 11.2. The number of ether oxygens (including phenoxy) is 1. The van der Waals surface area contributed by atoms with E-state index in [9.17, 15) is 35.0 Å². The molecule has 1 heterocycles. The summed E-state index contributed by atoms with van der Waals surface area (Å²) in [4.78, 5) is 44.2. The number of amides is 1. The van der Waals surface area contributed by atoms with Crippen molar-refractivity contribution >= 4 is 23.2 Å². The molecule has 2 aromatic carbocycles. The molecule has 6 rings (SSSR count). The van der Waals surface area contributed by atoms with E-state index in [1.54, 1.807) is 12.1 Å². The molecule has 1 aliphatic heterocycles. The van der Waals surface area contributed by atoms with Gasteiger partial charge in [-0.15, -0.1) is 0 Å². The summed E-state index contributed by atoms with van der Waals surface area (Å²) in [7, 11) is 2.96. The molecule has 0 radical (unpaired) electrons. The van der Waals surface area contributed by atoms with E-state index in [2.05, 4.69) is 4.90 Å². The average molecular weight is 629 g/mol. The third kappa shape index (κ3) is 4.22. The van der Waals surface area contributed by atoms with Gasteiger partial charge in [-0.25, -0.2) is 0 Å². The molecule has 2 fully saturated rings. The lowest BCUT2D eigenvalue weighted by molar-refractivity contribution is -0.139. The number of aliphatic hydroxyl groups excluding tert-OH is 2. The van der Waals surface area contributed by atoms with Crippen molar-refractivity contribution in [3.05, 3.63) is 70.0 Å². The zero-order valence-corrected chi connectivity index (χ0v) is 25.5. The minimum atomic E-state index is -2.70. The third-order valence-corrected chi connectivity index (χ3v) is 9.91. The Hall–Kier alpha value is -4.58. The van der Waals surface area contributed by atoms with E-state index in [4.69, 9.17) is 21.9 Å². The van der Waals surface area contributed by atoms with Gasteiger partial charge in [0.05, 0.1) is 47.5 Å². The van der Waals surface area contributed by atoms with Crippen molar-refractivity contribution in [3.63, 3.8) is 0 Å². The maximum Gasteiger partial charge on any atom is 0.255 e. The molecule has 13 nitrogen and oxygen atoms in total. The number of fused-ring (bicyclic) bond motifs is 3.